The lowest BCUT2D eigenvalue weighted by atomic mass is 9.46. The van der Waals surface area contributed by atoms with Gasteiger partial charge in [0.1, 0.15) is 5.78 Å². The molecule has 0 spiro atoms. The molecule has 0 aromatic heterocycles. The molecule has 5 unspecified atom stereocenters. The Balaban J connectivity index is 1.42. The van der Waals surface area contributed by atoms with Crippen molar-refractivity contribution in [3.05, 3.63) is 12.2 Å². The number of carbonyl (C=O) groups is 1. The van der Waals surface area contributed by atoms with Crippen LogP contribution in [0.25, 0.3) is 0 Å². The van der Waals surface area contributed by atoms with Crippen molar-refractivity contribution in [1.29, 1.82) is 0 Å². The van der Waals surface area contributed by atoms with Crippen molar-refractivity contribution in [2.24, 2.45) is 52.3 Å². The predicted octanol–water partition coefficient (Wildman–Crippen LogP) is 6.82. The summed E-state index contributed by atoms with van der Waals surface area (Å²) in [5, 5.41) is 0. The van der Waals surface area contributed by atoms with Gasteiger partial charge >= 0.3 is 0 Å². The molecule has 0 amide bonds. The highest BCUT2D eigenvalue weighted by atomic mass is 16.1. The quantitative estimate of drug-likeness (QED) is 0.489. The van der Waals surface area contributed by atoms with Crippen LogP contribution in [0.15, 0.2) is 12.2 Å². The minimum absolute atomic E-state index is 0.432. The summed E-state index contributed by atoms with van der Waals surface area (Å²) in [6.45, 7) is 11.9. The Labute approximate surface area is 166 Å². The number of fused-ring (bicyclic) bond motifs is 5. The van der Waals surface area contributed by atoms with Crippen molar-refractivity contribution in [3.8, 4) is 0 Å². The van der Waals surface area contributed by atoms with E-state index in [1.165, 1.54) is 69.8 Å². The number of allylic oxidation sites excluding steroid dienone is 1. The Hall–Kier alpha value is -0.590. The van der Waals surface area contributed by atoms with E-state index in [-0.39, 0.29) is 0 Å². The Kier molecular flexibility index (Phi) is 4.24. The lowest BCUT2D eigenvalue weighted by molar-refractivity contribution is -0.123. The summed E-state index contributed by atoms with van der Waals surface area (Å²) in [5.41, 5.74) is 2.38. The maximum atomic E-state index is 12.9. The lowest BCUT2D eigenvalue weighted by Crippen LogP contribution is -2.51. The number of hydrogen-bond donors (Lipinski definition) is 0. The smallest absolute Gasteiger partial charge is 0.136 e. The highest BCUT2D eigenvalue weighted by Gasteiger charge is 2.60. The van der Waals surface area contributed by atoms with Gasteiger partial charge in [0, 0.05) is 12.3 Å². The van der Waals surface area contributed by atoms with E-state index in [2.05, 4.69) is 27.4 Å². The molecule has 1 nitrogen and oxygen atoms in total. The second-order valence-electron chi connectivity index (χ2n) is 11.8. The molecule has 5 fully saturated rings. The third kappa shape index (κ3) is 2.66. The van der Waals surface area contributed by atoms with Crippen molar-refractivity contribution >= 4 is 5.78 Å². The average molecular weight is 369 g/mol. The zero-order valence-electron chi connectivity index (χ0n) is 17.9. The minimum atomic E-state index is 0.432. The highest BCUT2D eigenvalue weighted by molar-refractivity contribution is 5.82. The Bertz CT molecular complexity index is 645. The fourth-order valence-electron chi connectivity index (χ4n) is 9.09. The first-order chi connectivity index (χ1) is 12.8. The van der Waals surface area contributed by atoms with Gasteiger partial charge in [0.05, 0.1) is 0 Å². The van der Waals surface area contributed by atoms with E-state index in [1.54, 1.807) is 0 Å². The van der Waals surface area contributed by atoms with Gasteiger partial charge < -0.3 is 0 Å². The van der Waals surface area contributed by atoms with Crippen LogP contribution >= 0.6 is 0 Å². The highest BCUT2D eigenvalue weighted by Crippen LogP contribution is 2.68. The van der Waals surface area contributed by atoms with Gasteiger partial charge in [0.25, 0.3) is 0 Å². The van der Waals surface area contributed by atoms with Gasteiger partial charge in [-0.15, -0.1) is 0 Å². The summed E-state index contributed by atoms with van der Waals surface area (Å²) in [5.74, 6) is 6.11. The molecule has 27 heavy (non-hydrogen) atoms. The zero-order valence-corrected chi connectivity index (χ0v) is 17.9. The van der Waals surface area contributed by atoms with E-state index in [1.807, 2.05) is 0 Å². The molecular formula is C26H40O. The molecule has 0 aromatic rings. The first-order valence-electron chi connectivity index (χ1n) is 12.0. The van der Waals surface area contributed by atoms with Crippen LogP contribution in [-0.2, 0) is 4.79 Å². The van der Waals surface area contributed by atoms with Gasteiger partial charge in [-0.3, -0.25) is 4.79 Å². The van der Waals surface area contributed by atoms with Gasteiger partial charge in [-0.25, -0.2) is 0 Å². The summed E-state index contributed by atoms with van der Waals surface area (Å²) in [7, 11) is 0. The van der Waals surface area contributed by atoms with Crippen LogP contribution < -0.4 is 0 Å². The molecule has 0 aliphatic heterocycles. The molecule has 5 aliphatic rings. The Morgan fingerprint density at radius 1 is 0.926 bits per heavy atom. The number of ketones is 1. The Morgan fingerprint density at radius 3 is 2.37 bits per heavy atom. The number of rotatable bonds is 2. The number of hydrogen-bond acceptors (Lipinski definition) is 1. The molecule has 5 aliphatic carbocycles. The van der Waals surface area contributed by atoms with Gasteiger partial charge in [0.15, 0.2) is 0 Å². The minimum Gasteiger partial charge on any atom is -0.299 e. The monoisotopic (exact) mass is 368 g/mol. The van der Waals surface area contributed by atoms with Gasteiger partial charge in [-0.1, -0.05) is 26.0 Å². The van der Waals surface area contributed by atoms with Crippen molar-refractivity contribution in [3.63, 3.8) is 0 Å². The summed E-state index contributed by atoms with van der Waals surface area (Å²) in [6.07, 6.45) is 14.4. The predicted molar refractivity (Wildman–Crippen MR) is 111 cm³/mol. The van der Waals surface area contributed by atoms with Crippen LogP contribution in [0.5, 0.6) is 0 Å². The van der Waals surface area contributed by atoms with Gasteiger partial charge in [-0.2, -0.15) is 0 Å². The van der Waals surface area contributed by atoms with E-state index < -0.39 is 0 Å². The second kappa shape index (κ2) is 6.20. The summed E-state index contributed by atoms with van der Waals surface area (Å²) in [4.78, 5) is 12.9. The zero-order chi connectivity index (χ0) is 19.0. The van der Waals surface area contributed by atoms with Crippen LogP contribution in [0, 0.1) is 52.3 Å². The SMILES string of the molecule is C=C(C)[C@H]1CCC2C3CCC4CC(C5CC5)C(=O)CC[C@]4(C)C3CC[C@@]21C. The average Bonchev–Trinajstić information content (AvgIpc) is 3.40. The third-order valence-electron chi connectivity index (χ3n) is 10.7. The standard InChI is InChI=1S/C26H40O/c1-16(2)21-9-10-22-19-8-7-18-15-20(17-5-6-17)24(27)12-14-25(18,3)23(19)11-13-26(21,22)4/h17-23H,1,5-15H2,2-4H3/t18?,19?,20?,21-,22?,23?,25+,26-/m1/s1. The molecule has 0 N–H and O–H groups in total. The van der Waals surface area contributed by atoms with Crippen LogP contribution in [-0.4, -0.2) is 5.78 Å². The second-order valence-corrected chi connectivity index (χ2v) is 11.8. The van der Waals surface area contributed by atoms with Gasteiger partial charge in [-0.05, 0) is 117 Å². The largest absolute Gasteiger partial charge is 0.299 e. The van der Waals surface area contributed by atoms with Crippen LogP contribution in [0.2, 0.25) is 0 Å². The number of carbonyl (C=O) groups excluding carboxylic acids is 1. The molecule has 1 heteroatoms. The Morgan fingerprint density at radius 2 is 1.67 bits per heavy atom. The number of Topliss-reactive ketones (excluding diaryl/α,β-unsaturated/α-hetero) is 1. The maximum absolute atomic E-state index is 12.9. The fourth-order valence-corrected chi connectivity index (χ4v) is 9.09. The van der Waals surface area contributed by atoms with E-state index in [9.17, 15) is 4.79 Å². The van der Waals surface area contributed by atoms with Crippen LogP contribution in [0.3, 0.4) is 0 Å². The summed E-state index contributed by atoms with van der Waals surface area (Å²) < 4.78 is 0. The van der Waals surface area contributed by atoms with E-state index in [0.717, 1.165) is 41.9 Å². The van der Waals surface area contributed by atoms with E-state index in [0.29, 0.717) is 22.5 Å². The first kappa shape index (κ1) is 18.4. The van der Waals surface area contributed by atoms with E-state index >= 15 is 0 Å². The third-order valence-corrected chi connectivity index (χ3v) is 10.7. The molecule has 5 rings (SSSR count). The molecule has 150 valence electrons. The molecular weight excluding hydrogens is 328 g/mol. The molecule has 0 radical (unpaired) electrons. The van der Waals surface area contributed by atoms with Crippen molar-refractivity contribution in [2.45, 2.75) is 91.4 Å². The first-order valence-corrected chi connectivity index (χ1v) is 12.0. The van der Waals surface area contributed by atoms with Crippen molar-refractivity contribution < 1.29 is 4.79 Å². The van der Waals surface area contributed by atoms with Crippen LogP contribution in [0.4, 0.5) is 0 Å². The molecule has 0 aromatic carbocycles. The molecule has 8 atom stereocenters. The summed E-state index contributed by atoms with van der Waals surface area (Å²) in [6, 6.07) is 0. The fraction of sp³-hybridized carbons (Fsp3) is 0.885. The van der Waals surface area contributed by atoms with Crippen LogP contribution in [0.1, 0.15) is 91.4 Å². The maximum Gasteiger partial charge on any atom is 0.136 e. The molecule has 0 heterocycles. The van der Waals surface area contributed by atoms with E-state index in [4.69, 9.17) is 0 Å². The normalized spacial score (nSPS) is 52.5. The summed E-state index contributed by atoms with van der Waals surface area (Å²) >= 11 is 0. The topological polar surface area (TPSA) is 17.1 Å². The molecule has 0 bridgehead atoms. The van der Waals surface area contributed by atoms with Crippen molar-refractivity contribution in [1.82, 2.24) is 0 Å². The molecule has 5 saturated carbocycles. The van der Waals surface area contributed by atoms with Crippen molar-refractivity contribution in [2.75, 3.05) is 0 Å². The lowest BCUT2D eigenvalue weighted by Gasteiger charge is -2.59. The van der Waals surface area contributed by atoms with Gasteiger partial charge in [0.2, 0.25) is 0 Å². The molecule has 0 saturated heterocycles.